The fourth-order valence-corrected chi connectivity index (χ4v) is 4.84. The highest BCUT2D eigenvalue weighted by Crippen LogP contribution is 2.37. The Morgan fingerprint density at radius 2 is 1.85 bits per heavy atom. The van der Waals surface area contributed by atoms with E-state index in [0.29, 0.717) is 55.4 Å². The van der Waals surface area contributed by atoms with Crippen LogP contribution in [-0.4, -0.2) is 52.7 Å². The zero-order valence-electron chi connectivity index (χ0n) is 20.2. The molecule has 0 spiro atoms. The molecule has 1 aromatic heterocycles. The number of ether oxygens (including phenoxy) is 1. The van der Waals surface area contributed by atoms with Gasteiger partial charge in [-0.25, -0.2) is 4.98 Å². The van der Waals surface area contributed by atoms with Crippen LogP contribution in [0.5, 0.6) is 0 Å². The molecule has 2 aliphatic rings. The average molecular weight is 478 g/mol. The van der Waals surface area contributed by atoms with Crippen molar-refractivity contribution in [1.29, 1.82) is 5.26 Å². The molecule has 2 aliphatic heterocycles. The summed E-state index contributed by atoms with van der Waals surface area (Å²) >= 11 is 5.51. The maximum atomic E-state index is 12.5. The first-order valence-corrected chi connectivity index (χ1v) is 12.1. The Morgan fingerprint density at radius 3 is 2.47 bits per heavy atom. The first-order chi connectivity index (χ1) is 16.2. The zero-order chi connectivity index (χ0) is 24.5. The Hall–Kier alpha value is -3.02. The molecule has 0 saturated carbocycles. The number of piperazine rings is 1. The number of fused-ring (bicyclic) bond motifs is 1. The highest BCUT2D eigenvalue weighted by molar-refractivity contribution is 7.80. The van der Waals surface area contributed by atoms with Crippen LogP contribution in [-0.2, 0) is 17.8 Å². The molecule has 1 N–H and O–H groups in total. The van der Waals surface area contributed by atoms with E-state index in [4.69, 9.17) is 21.9 Å². The van der Waals surface area contributed by atoms with Crippen molar-refractivity contribution in [1.82, 2.24) is 15.2 Å². The molecule has 8 heteroatoms. The first-order valence-electron chi connectivity index (χ1n) is 11.7. The summed E-state index contributed by atoms with van der Waals surface area (Å²) in [5.41, 5.74) is 4.07. The lowest BCUT2D eigenvalue weighted by molar-refractivity contribution is -0.0408. The van der Waals surface area contributed by atoms with E-state index in [1.54, 1.807) is 12.1 Å². The number of hydrogen-bond acceptors (Lipinski definition) is 6. The Labute approximate surface area is 206 Å². The van der Waals surface area contributed by atoms with Gasteiger partial charge in [0, 0.05) is 43.7 Å². The molecule has 0 aliphatic carbocycles. The van der Waals surface area contributed by atoms with Gasteiger partial charge in [-0.05, 0) is 49.7 Å². The van der Waals surface area contributed by atoms with Crippen LogP contribution in [0.1, 0.15) is 66.4 Å². The average Bonchev–Trinajstić information content (AvgIpc) is 2.82. The van der Waals surface area contributed by atoms with Gasteiger partial charge in [0.15, 0.2) is 5.11 Å². The van der Waals surface area contributed by atoms with Gasteiger partial charge in [0.25, 0.3) is 5.91 Å². The van der Waals surface area contributed by atoms with Crippen LogP contribution in [0.15, 0.2) is 30.3 Å². The molecule has 3 heterocycles. The predicted molar refractivity (Wildman–Crippen MR) is 136 cm³/mol. The molecule has 7 nitrogen and oxygen atoms in total. The van der Waals surface area contributed by atoms with E-state index in [9.17, 15) is 10.1 Å². The van der Waals surface area contributed by atoms with Crippen LogP contribution in [0.4, 0.5) is 5.82 Å². The number of rotatable bonds is 3. The summed E-state index contributed by atoms with van der Waals surface area (Å²) in [6, 6.07) is 11.5. The van der Waals surface area contributed by atoms with Gasteiger partial charge in [-0.3, -0.25) is 10.1 Å². The second-order valence-corrected chi connectivity index (χ2v) is 10.1. The van der Waals surface area contributed by atoms with Crippen molar-refractivity contribution in [3.8, 4) is 6.07 Å². The number of anilines is 1. The maximum Gasteiger partial charge on any atom is 0.257 e. The van der Waals surface area contributed by atoms with Crippen molar-refractivity contribution in [3.05, 3.63) is 58.3 Å². The molecule has 178 valence electrons. The third kappa shape index (κ3) is 4.91. The van der Waals surface area contributed by atoms with E-state index in [0.717, 1.165) is 22.6 Å². The number of benzene rings is 1. The number of thiocarbonyl (C=S) groups is 1. The highest BCUT2D eigenvalue weighted by atomic mass is 32.1. The third-order valence-corrected chi connectivity index (χ3v) is 6.78. The van der Waals surface area contributed by atoms with Crippen molar-refractivity contribution in [2.45, 2.75) is 52.2 Å². The maximum absolute atomic E-state index is 12.5. The van der Waals surface area contributed by atoms with Crippen LogP contribution in [0, 0.1) is 11.3 Å². The largest absolute Gasteiger partial charge is 0.370 e. The standard InChI is InChI=1S/C26H31N5O2S/c1-17(2)22-21-16-33-26(3,4)14-19(21)20(15-27)23(28-22)30-10-12-31(13-11-30)25(34)29-24(32)18-8-6-5-7-9-18/h5-9,17H,10-14,16H2,1-4H3,(H,29,32,34). The van der Waals surface area contributed by atoms with Crippen LogP contribution in [0.2, 0.25) is 0 Å². The van der Waals surface area contributed by atoms with Crippen LogP contribution in [0.25, 0.3) is 0 Å². The molecule has 0 unspecified atom stereocenters. The van der Waals surface area contributed by atoms with Gasteiger partial charge >= 0.3 is 0 Å². The molecule has 34 heavy (non-hydrogen) atoms. The summed E-state index contributed by atoms with van der Waals surface area (Å²) in [7, 11) is 0. The summed E-state index contributed by atoms with van der Waals surface area (Å²) in [6.07, 6.45) is 0.691. The van der Waals surface area contributed by atoms with Crippen LogP contribution in [0.3, 0.4) is 0 Å². The molecule has 1 aromatic carbocycles. The van der Waals surface area contributed by atoms with Crippen molar-refractivity contribution in [2.75, 3.05) is 31.1 Å². The van der Waals surface area contributed by atoms with Gasteiger partial charge < -0.3 is 14.5 Å². The van der Waals surface area contributed by atoms with Gasteiger partial charge in [0.1, 0.15) is 11.9 Å². The fraction of sp³-hybridized carbons (Fsp3) is 0.462. The summed E-state index contributed by atoms with van der Waals surface area (Å²) in [5.74, 6) is 0.774. The smallest absolute Gasteiger partial charge is 0.257 e. The molecule has 1 fully saturated rings. The second-order valence-electron chi connectivity index (χ2n) is 9.74. The molecule has 4 rings (SSSR count). The Kier molecular flexibility index (Phi) is 6.87. The van der Waals surface area contributed by atoms with Crippen LogP contribution < -0.4 is 10.2 Å². The number of hydrogen-bond donors (Lipinski definition) is 1. The predicted octanol–water partition coefficient (Wildman–Crippen LogP) is 3.76. The summed E-state index contributed by atoms with van der Waals surface area (Å²) in [6.45, 7) is 11.5. The van der Waals surface area contributed by atoms with E-state index < -0.39 is 0 Å². The minimum atomic E-state index is -0.312. The molecule has 2 aromatic rings. The van der Waals surface area contributed by atoms with Crippen molar-refractivity contribution in [2.24, 2.45) is 0 Å². The normalized spacial score (nSPS) is 17.2. The first kappa shape index (κ1) is 24.1. The summed E-state index contributed by atoms with van der Waals surface area (Å²) in [5, 5.41) is 13.4. The SMILES string of the molecule is CC(C)c1nc(N2CCN(C(=S)NC(=O)c3ccccc3)CC2)c(C#N)c2c1COC(C)(C)C2. The molecular weight excluding hydrogens is 446 g/mol. The van der Waals surface area contributed by atoms with E-state index in [1.807, 2.05) is 23.1 Å². The molecule has 0 bridgehead atoms. The van der Waals surface area contributed by atoms with E-state index >= 15 is 0 Å². The van der Waals surface area contributed by atoms with Gasteiger partial charge in [-0.2, -0.15) is 5.26 Å². The molecule has 0 atom stereocenters. The zero-order valence-corrected chi connectivity index (χ0v) is 21.0. The summed E-state index contributed by atoms with van der Waals surface area (Å²) in [4.78, 5) is 21.6. The van der Waals surface area contributed by atoms with Crippen molar-refractivity contribution >= 4 is 29.1 Å². The number of amides is 1. The van der Waals surface area contributed by atoms with Gasteiger partial charge in [0.05, 0.1) is 23.5 Å². The minimum Gasteiger partial charge on any atom is -0.370 e. The highest BCUT2D eigenvalue weighted by Gasteiger charge is 2.34. The number of nitriles is 1. The lowest BCUT2D eigenvalue weighted by atomic mass is 9.86. The third-order valence-electron chi connectivity index (χ3n) is 6.42. The molecular formula is C26H31N5O2S. The molecule has 1 amide bonds. The van der Waals surface area contributed by atoms with Crippen LogP contribution >= 0.6 is 12.2 Å². The Morgan fingerprint density at radius 1 is 1.18 bits per heavy atom. The topological polar surface area (TPSA) is 81.5 Å². The fourth-order valence-electron chi connectivity index (χ4n) is 4.56. The lowest BCUT2D eigenvalue weighted by Crippen LogP contribution is -2.53. The number of carbonyl (C=O) groups is 1. The van der Waals surface area contributed by atoms with Crippen molar-refractivity contribution < 1.29 is 9.53 Å². The van der Waals surface area contributed by atoms with Gasteiger partial charge in [-0.1, -0.05) is 32.0 Å². The lowest BCUT2D eigenvalue weighted by Gasteiger charge is -2.39. The number of pyridine rings is 1. The number of aromatic nitrogens is 1. The van der Waals surface area contributed by atoms with E-state index in [-0.39, 0.29) is 17.4 Å². The minimum absolute atomic E-state index is 0.206. The Balaban J connectivity index is 1.52. The summed E-state index contributed by atoms with van der Waals surface area (Å²) < 4.78 is 6.05. The van der Waals surface area contributed by atoms with Crippen molar-refractivity contribution in [3.63, 3.8) is 0 Å². The van der Waals surface area contributed by atoms with E-state index in [1.165, 1.54) is 0 Å². The number of nitrogens with one attached hydrogen (secondary N) is 1. The molecule has 1 saturated heterocycles. The van der Waals surface area contributed by atoms with Gasteiger partial charge in [-0.15, -0.1) is 0 Å². The number of carbonyl (C=O) groups excluding carboxylic acids is 1. The quantitative estimate of drug-likeness (QED) is 0.674. The molecule has 0 radical (unpaired) electrons. The Bertz CT molecular complexity index is 1130. The monoisotopic (exact) mass is 477 g/mol. The second kappa shape index (κ2) is 9.69. The number of nitrogens with zero attached hydrogens (tertiary/aromatic N) is 4. The van der Waals surface area contributed by atoms with E-state index in [2.05, 4.69) is 44.0 Å². The van der Waals surface area contributed by atoms with Gasteiger partial charge in [0.2, 0.25) is 0 Å².